The van der Waals surface area contributed by atoms with Gasteiger partial charge < -0.3 is 10.1 Å². The Labute approximate surface area is 151 Å². The maximum atomic E-state index is 13.5. The number of aryl methyl sites for hydroxylation is 1. The maximum Gasteiger partial charge on any atom is 0.125 e. The van der Waals surface area contributed by atoms with Crippen molar-refractivity contribution in [2.24, 2.45) is 0 Å². The average molecular weight is 357 g/mol. The molecule has 0 bridgehead atoms. The Morgan fingerprint density at radius 2 is 2.23 bits per heavy atom. The highest BCUT2D eigenvalue weighted by Crippen LogP contribution is 2.32. The molecule has 1 fully saturated rings. The lowest BCUT2D eigenvalue weighted by molar-refractivity contribution is 0.134. The predicted octanol–water partition coefficient (Wildman–Crippen LogP) is 2.93. The molecule has 3 heterocycles. The molecule has 1 aliphatic heterocycles. The highest BCUT2D eigenvalue weighted by atomic mass is 19.1. The summed E-state index contributed by atoms with van der Waals surface area (Å²) in [5, 5.41) is 13.6. The van der Waals surface area contributed by atoms with E-state index in [9.17, 15) is 4.39 Å². The minimum Gasteiger partial charge on any atom is -0.394 e. The Balaban J connectivity index is 1.59. The van der Waals surface area contributed by atoms with Crippen LogP contribution in [-0.4, -0.2) is 42.9 Å². The molecule has 3 aromatic rings. The first-order chi connectivity index (χ1) is 12.6. The zero-order valence-electron chi connectivity index (χ0n) is 15.0. The fraction of sp³-hybridized carbons (Fsp3) is 0.474. The van der Waals surface area contributed by atoms with Crippen molar-refractivity contribution in [2.45, 2.75) is 45.3 Å². The van der Waals surface area contributed by atoms with Gasteiger partial charge in [0.1, 0.15) is 11.6 Å². The topological polar surface area (TPSA) is 70.0 Å². The quantitative estimate of drug-likeness (QED) is 0.737. The van der Waals surface area contributed by atoms with Crippen LogP contribution in [0.1, 0.15) is 42.4 Å². The number of aliphatic hydroxyl groups is 1. The third-order valence-electron chi connectivity index (χ3n) is 5.14. The number of nitrogens with zero attached hydrogens (tertiary/aromatic N) is 4. The van der Waals surface area contributed by atoms with Gasteiger partial charge in [-0.3, -0.25) is 9.58 Å². The number of likely N-dealkylation sites (tertiary alicyclic amines) is 1. The molecule has 0 aliphatic carbocycles. The molecule has 2 N–H and O–H groups in total. The summed E-state index contributed by atoms with van der Waals surface area (Å²) in [6.45, 7) is 4.40. The number of halogens is 1. The molecule has 0 saturated carbocycles. The van der Waals surface area contributed by atoms with Crippen molar-refractivity contribution in [1.82, 2.24) is 24.6 Å². The second-order valence-corrected chi connectivity index (χ2v) is 6.99. The van der Waals surface area contributed by atoms with Crippen molar-refractivity contribution < 1.29 is 9.50 Å². The number of piperidine rings is 1. The van der Waals surface area contributed by atoms with Gasteiger partial charge >= 0.3 is 0 Å². The van der Waals surface area contributed by atoms with E-state index in [-0.39, 0.29) is 18.5 Å². The Bertz CT molecular complexity index is 903. The van der Waals surface area contributed by atoms with Gasteiger partial charge in [0.2, 0.25) is 0 Å². The molecule has 1 aliphatic rings. The smallest absolute Gasteiger partial charge is 0.125 e. The summed E-state index contributed by atoms with van der Waals surface area (Å²) in [5.41, 5.74) is 3.72. The van der Waals surface area contributed by atoms with Crippen LogP contribution < -0.4 is 0 Å². The Morgan fingerprint density at radius 1 is 1.35 bits per heavy atom. The summed E-state index contributed by atoms with van der Waals surface area (Å²) in [7, 11) is 0. The van der Waals surface area contributed by atoms with Gasteiger partial charge in [-0.1, -0.05) is 6.42 Å². The number of fused-ring (bicyclic) bond motifs is 1. The van der Waals surface area contributed by atoms with Crippen LogP contribution in [0.2, 0.25) is 0 Å². The summed E-state index contributed by atoms with van der Waals surface area (Å²) < 4.78 is 15.3. The lowest BCUT2D eigenvalue weighted by atomic mass is 10.0. The van der Waals surface area contributed by atoms with Crippen LogP contribution in [0.25, 0.3) is 11.0 Å². The molecule has 1 atom stereocenters. The number of hydrogen-bond donors (Lipinski definition) is 2. The molecule has 1 unspecified atom stereocenters. The first-order valence-electron chi connectivity index (χ1n) is 9.17. The van der Waals surface area contributed by atoms with Crippen molar-refractivity contribution in [1.29, 1.82) is 0 Å². The summed E-state index contributed by atoms with van der Waals surface area (Å²) in [6, 6.07) is 4.87. The number of H-pyrrole nitrogens is 1. The molecule has 1 saturated heterocycles. The van der Waals surface area contributed by atoms with E-state index < -0.39 is 0 Å². The zero-order valence-corrected chi connectivity index (χ0v) is 15.0. The molecular formula is C19H24FN5O. The standard InChI is InChI=1S/C19H24FN5O/c1-13-14(12-25(23-13)8-9-26)11-24-7-3-2-4-18(24)19-21-16-6-5-15(20)10-17(16)22-19/h5-6,10,12,18,26H,2-4,7-9,11H2,1H3,(H,21,22). The van der Waals surface area contributed by atoms with Crippen molar-refractivity contribution in [3.63, 3.8) is 0 Å². The van der Waals surface area contributed by atoms with Crippen LogP contribution >= 0.6 is 0 Å². The fourth-order valence-corrected chi connectivity index (χ4v) is 3.80. The van der Waals surface area contributed by atoms with Crippen LogP contribution in [0, 0.1) is 12.7 Å². The second-order valence-electron chi connectivity index (χ2n) is 6.99. The predicted molar refractivity (Wildman–Crippen MR) is 97.1 cm³/mol. The van der Waals surface area contributed by atoms with Gasteiger partial charge in [-0.15, -0.1) is 0 Å². The van der Waals surface area contributed by atoms with E-state index in [4.69, 9.17) is 10.1 Å². The van der Waals surface area contributed by atoms with Gasteiger partial charge in [0.25, 0.3) is 0 Å². The number of imidazole rings is 1. The Kier molecular flexibility index (Phi) is 4.74. The molecule has 138 valence electrons. The number of aliphatic hydroxyl groups excluding tert-OH is 1. The van der Waals surface area contributed by atoms with Crippen LogP contribution in [0.5, 0.6) is 0 Å². The van der Waals surface area contributed by atoms with E-state index in [0.717, 1.165) is 54.9 Å². The third-order valence-corrected chi connectivity index (χ3v) is 5.14. The van der Waals surface area contributed by atoms with Gasteiger partial charge in [-0.25, -0.2) is 9.37 Å². The number of aromatic amines is 1. The minimum atomic E-state index is -0.250. The van der Waals surface area contributed by atoms with Gasteiger partial charge in [0.15, 0.2) is 0 Å². The molecule has 2 aromatic heterocycles. The zero-order chi connectivity index (χ0) is 18.1. The van der Waals surface area contributed by atoms with E-state index >= 15 is 0 Å². The normalized spacial score (nSPS) is 18.7. The van der Waals surface area contributed by atoms with E-state index in [2.05, 4.69) is 15.0 Å². The van der Waals surface area contributed by atoms with Crippen molar-refractivity contribution in [3.05, 3.63) is 47.3 Å². The highest BCUT2D eigenvalue weighted by molar-refractivity contribution is 5.75. The van der Waals surface area contributed by atoms with Crippen LogP contribution in [0.15, 0.2) is 24.4 Å². The van der Waals surface area contributed by atoms with Gasteiger partial charge in [-0.05, 0) is 44.5 Å². The minimum absolute atomic E-state index is 0.0858. The second kappa shape index (κ2) is 7.17. The van der Waals surface area contributed by atoms with E-state index in [0.29, 0.717) is 6.54 Å². The molecule has 6 nitrogen and oxygen atoms in total. The largest absolute Gasteiger partial charge is 0.394 e. The van der Waals surface area contributed by atoms with E-state index in [1.54, 1.807) is 10.7 Å². The number of aromatic nitrogens is 4. The van der Waals surface area contributed by atoms with E-state index in [1.807, 2.05) is 13.1 Å². The van der Waals surface area contributed by atoms with Gasteiger partial charge in [-0.2, -0.15) is 5.10 Å². The molecular weight excluding hydrogens is 333 g/mol. The average Bonchev–Trinajstić information content (AvgIpc) is 3.19. The van der Waals surface area contributed by atoms with Crippen molar-refractivity contribution in [3.8, 4) is 0 Å². The molecule has 0 spiro atoms. The summed E-state index contributed by atoms with van der Waals surface area (Å²) in [4.78, 5) is 10.4. The first kappa shape index (κ1) is 17.2. The maximum absolute atomic E-state index is 13.5. The number of rotatable bonds is 5. The van der Waals surface area contributed by atoms with Crippen molar-refractivity contribution in [2.75, 3.05) is 13.2 Å². The SMILES string of the molecule is Cc1nn(CCO)cc1CN1CCCCC1c1nc2ccc(F)cc2[nH]1. The van der Waals surface area contributed by atoms with Crippen LogP contribution in [0.4, 0.5) is 4.39 Å². The summed E-state index contributed by atoms with van der Waals surface area (Å²) in [6.07, 6.45) is 5.38. The Morgan fingerprint density at radius 3 is 3.08 bits per heavy atom. The third kappa shape index (κ3) is 3.37. The summed E-state index contributed by atoms with van der Waals surface area (Å²) in [5.74, 6) is 0.658. The van der Waals surface area contributed by atoms with Crippen molar-refractivity contribution >= 4 is 11.0 Å². The molecule has 1 aromatic carbocycles. The monoisotopic (exact) mass is 357 g/mol. The molecule has 0 radical (unpaired) electrons. The molecule has 7 heteroatoms. The van der Waals surface area contributed by atoms with Crippen LogP contribution in [-0.2, 0) is 13.1 Å². The molecule has 0 amide bonds. The van der Waals surface area contributed by atoms with Gasteiger partial charge in [0, 0.05) is 18.3 Å². The number of benzene rings is 1. The molecule has 4 rings (SSSR count). The van der Waals surface area contributed by atoms with Crippen LogP contribution in [0.3, 0.4) is 0 Å². The molecule has 26 heavy (non-hydrogen) atoms. The lowest BCUT2D eigenvalue weighted by Crippen LogP contribution is -2.33. The summed E-state index contributed by atoms with van der Waals surface area (Å²) >= 11 is 0. The number of hydrogen-bond acceptors (Lipinski definition) is 4. The number of nitrogens with one attached hydrogen (secondary N) is 1. The Hall–Kier alpha value is -2.25. The van der Waals surface area contributed by atoms with E-state index in [1.165, 1.54) is 17.7 Å². The lowest BCUT2D eigenvalue weighted by Gasteiger charge is -2.34. The fourth-order valence-electron chi connectivity index (χ4n) is 3.80. The first-order valence-corrected chi connectivity index (χ1v) is 9.17. The van der Waals surface area contributed by atoms with Gasteiger partial charge in [0.05, 0.1) is 35.9 Å². The highest BCUT2D eigenvalue weighted by Gasteiger charge is 2.27.